The molecule has 0 aromatic rings. The average molecular weight is 204 g/mol. The fraction of sp³-hybridized carbons (Fsp3) is 0.900. The Kier molecular flexibility index (Phi) is 13.7. The van der Waals surface area contributed by atoms with E-state index in [4.69, 9.17) is 0 Å². The molecule has 14 heavy (non-hydrogen) atoms. The van der Waals surface area contributed by atoms with Crippen molar-refractivity contribution >= 4 is 6.03 Å². The van der Waals surface area contributed by atoms with Crippen LogP contribution in [0.1, 0.15) is 27.2 Å². The van der Waals surface area contributed by atoms with Crippen molar-refractivity contribution in [2.24, 2.45) is 0 Å². The molecule has 86 valence electrons. The van der Waals surface area contributed by atoms with Gasteiger partial charge in [-0.25, -0.2) is 4.79 Å². The van der Waals surface area contributed by atoms with Crippen molar-refractivity contribution < 1.29 is 9.69 Å². The van der Waals surface area contributed by atoms with E-state index in [2.05, 4.69) is 24.7 Å². The Morgan fingerprint density at radius 3 is 2.21 bits per heavy atom. The van der Waals surface area contributed by atoms with Crippen LogP contribution in [0.25, 0.3) is 0 Å². The van der Waals surface area contributed by atoms with Gasteiger partial charge in [-0.2, -0.15) is 0 Å². The van der Waals surface area contributed by atoms with Crippen molar-refractivity contribution in [3.8, 4) is 0 Å². The first-order valence-electron chi connectivity index (χ1n) is 5.47. The molecule has 0 fully saturated rings. The first-order chi connectivity index (χ1) is 6.66. The number of nitrogens with one attached hydrogen (secondary N) is 3. The van der Waals surface area contributed by atoms with Crippen LogP contribution in [0.3, 0.4) is 0 Å². The molecule has 0 aliphatic carbocycles. The van der Waals surface area contributed by atoms with Gasteiger partial charge in [-0.1, -0.05) is 13.8 Å². The van der Waals surface area contributed by atoms with Crippen LogP contribution in [0.15, 0.2) is 0 Å². The molecule has 0 aromatic carbocycles. The van der Waals surface area contributed by atoms with Gasteiger partial charge in [0.25, 0.3) is 0 Å². The molecule has 0 heterocycles. The lowest BCUT2D eigenvalue weighted by Crippen LogP contribution is -3.05. The molecule has 2 amide bonds. The van der Waals surface area contributed by atoms with Crippen molar-refractivity contribution in [1.82, 2.24) is 10.6 Å². The standard InChI is InChI=1S/C8H19N3O.C2H6/c1-4-9-8(12)10-6-5-7-11(2)3;1-2/h4-7H2,1-3H3,(H2,9,10,12);1-2H3/p+1. The van der Waals surface area contributed by atoms with Crippen molar-refractivity contribution in [3.05, 3.63) is 0 Å². The minimum Gasteiger partial charge on any atom is -0.340 e. The predicted octanol–water partition coefficient (Wildman–Crippen LogP) is -0.134. The maximum Gasteiger partial charge on any atom is 0.314 e. The van der Waals surface area contributed by atoms with Crippen LogP contribution >= 0.6 is 0 Å². The number of rotatable bonds is 5. The summed E-state index contributed by atoms with van der Waals surface area (Å²) in [5.41, 5.74) is 0. The molecule has 0 saturated heterocycles. The minimum absolute atomic E-state index is 0.0637. The third-order valence-corrected chi connectivity index (χ3v) is 1.48. The Morgan fingerprint density at radius 2 is 1.79 bits per heavy atom. The zero-order valence-electron chi connectivity index (χ0n) is 10.2. The Balaban J connectivity index is 0. The van der Waals surface area contributed by atoms with Crippen molar-refractivity contribution in [3.63, 3.8) is 0 Å². The van der Waals surface area contributed by atoms with Gasteiger partial charge < -0.3 is 15.5 Å². The molecule has 0 atom stereocenters. The smallest absolute Gasteiger partial charge is 0.314 e. The van der Waals surface area contributed by atoms with Crippen LogP contribution in [0, 0.1) is 0 Å². The van der Waals surface area contributed by atoms with E-state index >= 15 is 0 Å². The van der Waals surface area contributed by atoms with E-state index in [1.54, 1.807) is 0 Å². The highest BCUT2D eigenvalue weighted by atomic mass is 16.2. The average Bonchev–Trinajstić information content (AvgIpc) is 2.16. The summed E-state index contributed by atoms with van der Waals surface area (Å²) in [6.45, 7) is 8.44. The van der Waals surface area contributed by atoms with Gasteiger partial charge in [-0.05, 0) is 6.92 Å². The predicted molar refractivity (Wildman–Crippen MR) is 60.7 cm³/mol. The monoisotopic (exact) mass is 204 g/mol. The number of quaternary nitrogens is 1. The van der Waals surface area contributed by atoms with E-state index in [-0.39, 0.29) is 6.03 Å². The second-order valence-corrected chi connectivity index (χ2v) is 3.10. The zero-order valence-corrected chi connectivity index (χ0v) is 10.2. The highest BCUT2D eigenvalue weighted by Crippen LogP contribution is 1.70. The molecule has 0 bridgehead atoms. The molecule has 4 nitrogen and oxygen atoms in total. The maximum atomic E-state index is 10.9. The quantitative estimate of drug-likeness (QED) is 0.537. The summed E-state index contributed by atoms with van der Waals surface area (Å²) < 4.78 is 0. The number of urea groups is 1. The molecule has 0 unspecified atom stereocenters. The van der Waals surface area contributed by atoms with E-state index in [1.165, 1.54) is 4.90 Å². The summed E-state index contributed by atoms with van der Waals surface area (Å²) in [5.74, 6) is 0. The van der Waals surface area contributed by atoms with Crippen molar-refractivity contribution in [1.29, 1.82) is 0 Å². The van der Waals surface area contributed by atoms with Gasteiger partial charge in [0.1, 0.15) is 0 Å². The van der Waals surface area contributed by atoms with Gasteiger partial charge >= 0.3 is 6.03 Å². The second kappa shape index (κ2) is 12.2. The fourth-order valence-electron chi connectivity index (χ4n) is 0.867. The van der Waals surface area contributed by atoms with Gasteiger partial charge in [0.15, 0.2) is 0 Å². The number of hydrogen-bond acceptors (Lipinski definition) is 1. The summed E-state index contributed by atoms with van der Waals surface area (Å²) in [7, 11) is 4.21. The number of carbonyl (C=O) groups excluding carboxylic acids is 1. The lowest BCUT2D eigenvalue weighted by molar-refractivity contribution is -0.858. The largest absolute Gasteiger partial charge is 0.340 e. The molecule has 3 N–H and O–H groups in total. The van der Waals surface area contributed by atoms with Gasteiger partial charge in [-0.15, -0.1) is 0 Å². The van der Waals surface area contributed by atoms with Gasteiger partial charge in [0.05, 0.1) is 20.6 Å². The van der Waals surface area contributed by atoms with Gasteiger partial charge in [-0.3, -0.25) is 0 Å². The molecule has 0 radical (unpaired) electrons. The van der Waals surface area contributed by atoms with Crippen LogP contribution in [0.5, 0.6) is 0 Å². The van der Waals surface area contributed by atoms with E-state index in [0.717, 1.165) is 19.5 Å². The molecule has 0 spiro atoms. The molecule has 0 aliphatic heterocycles. The van der Waals surface area contributed by atoms with Gasteiger partial charge in [0.2, 0.25) is 0 Å². The van der Waals surface area contributed by atoms with E-state index < -0.39 is 0 Å². The Labute approximate surface area is 88.1 Å². The van der Waals surface area contributed by atoms with Gasteiger partial charge in [0, 0.05) is 19.5 Å². The normalized spacial score (nSPS) is 9.00. The summed E-state index contributed by atoms with van der Waals surface area (Å²) in [5, 5.41) is 5.45. The topological polar surface area (TPSA) is 45.6 Å². The number of carbonyl (C=O) groups is 1. The Morgan fingerprint density at radius 1 is 1.21 bits per heavy atom. The third kappa shape index (κ3) is 13.8. The first-order valence-corrected chi connectivity index (χ1v) is 5.47. The molecule has 0 saturated carbocycles. The van der Waals surface area contributed by atoms with Crippen molar-refractivity contribution in [2.45, 2.75) is 27.2 Å². The Hall–Kier alpha value is -0.770. The van der Waals surface area contributed by atoms with Crippen LogP contribution in [-0.4, -0.2) is 39.8 Å². The lowest BCUT2D eigenvalue weighted by Gasteiger charge is -2.08. The van der Waals surface area contributed by atoms with Crippen molar-refractivity contribution in [2.75, 3.05) is 33.7 Å². The van der Waals surface area contributed by atoms with Crippen LogP contribution < -0.4 is 15.5 Å². The van der Waals surface area contributed by atoms with Crippen LogP contribution in [-0.2, 0) is 0 Å². The molecular weight excluding hydrogens is 178 g/mol. The molecular formula is C10H26N3O+. The molecule has 0 rings (SSSR count). The van der Waals surface area contributed by atoms with E-state index in [0.29, 0.717) is 6.54 Å². The Bertz CT molecular complexity index is 127. The third-order valence-electron chi connectivity index (χ3n) is 1.48. The maximum absolute atomic E-state index is 10.9. The summed E-state index contributed by atoms with van der Waals surface area (Å²) in [6, 6.07) is -0.0637. The summed E-state index contributed by atoms with van der Waals surface area (Å²) >= 11 is 0. The van der Waals surface area contributed by atoms with Crippen LogP contribution in [0.2, 0.25) is 0 Å². The SMILES string of the molecule is CC.CCNC(=O)NCCC[NH+](C)C. The number of amides is 2. The second-order valence-electron chi connectivity index (χ2n) is 3.10. The first kappa shape index (κ1) is 15.7. The number of hydrogen-bond donors (Lipinski definition) is 3. The van der Waals surface area contributed by atoms with Crippen LogP contribution in [0.4, 0.5) is 4.79 Å². The van der Waals surface area contributed by atoms with E-state index in [9.17, 15) is 4.79 Å². The molecule has 4 heteroatoms. The lowest BCUT2D eigenvalue weighted by atomic mass is 10.4. The molecule has 0 aliphatic rings. The molecule has 0 aromatic heterocycles. The highest BCUT2D eigenvalue weighted by molar-refractivity contribution is 5.73. The zero-order chi connectivity index (χ0) is 11.4. The minimum atomic E-state index is -0.0637. The summed E-state index contributed by atoms with van der Waals surface area (Å²) in [6.07, 6.45) is 1.03. The fourth-order valence-corrected chi connectivity index (χ4v) is 0.867. The summed E-state index contributed by atoms with van der Waals surface area (Å²) in [4.78, 5) is 12.3. The van der Waals surface area contributed by atoms with E-state index in [1.807, 2.05) is 20.8 Å². The highest BCUT2D eigenvalue weighted by Gasteiger charge is 1.97.